The number of H-pyrrole nitrogens is 1. The lowest BCUT2D eigenvalue weighted by Crippen LogP contribution is -2.27. The summed E-state index contributed by atoms with van der Waals surface area (Å²) in [4.78, 5) is 21.1. The zero-order valence-corrected chi connectivity index (χ0v) is 17.2. The van der Waals surface area contributed by atoms with E-state index in [2.05, 4.69) is 20.4 Å². The molecule has 31 heavy (non-hydrogen) atoms. The van der Waals surface area contributed by atoms with Crippen molar-refractivity contribution in [3.8, 4) is 17.1 Å². The Bertz CT molecular complexity index is 1330. The maximum Gasteiger partial charge on any atom is 0.255 e. The van der Waals surface area contributed by atoms with Crippen molar-refractivity contribution in [1.29, 1.82) is 0 Å². The predicted octanol–water partition coefficient (Wildman–Crippen LogP) is 4.81. The molecule has 2 aromatic carbocycles. The summed E-state index contributed by atoms with van der Waals surface area (Å²) >= 11 is 0. The van der Waals surface area contributed by atoms with Crippen molar-refractivity contribution in [3.63, 3.8) is 0 Å². The fraction of sp³-hybridized carbons (Fsp3) is 0.125. The largest absolute Gasteiger partial charge is 0.460 e. The van der Waals surface area contributed by atoms with Crippen molar-refractivity contribution in [2.75, 3.05) is 0 Å². The molecular weight excluding hydrogens is 390 g/mol. The summed E-state index contributed by atoms with van der Waals surface area (Å²) in [6, 6.07) is 20.8. The normalized spacial score (nSPS) is 12.2. The predicted molar refractivity (Wildman–Crippen MR) is 118 cm³/mol. The maximum absolute atomic E-state index is 13.2. The topological polar surface area (TPSA) is 88.7 Å². The van der Waals surface area contributed by atoms with E-state index in [1.54, 1.807) is 10.9 Å². The molecule has 0 saturated heterocycles. The van der Waals surface area contributed by atoms with Gasteiger partial charge in [-0.15, -0.1) is 0 Å². The van der Waals surface area contributed by atoms with Crippen molar-refractivity contribution in [1.82, 2.24) is 25.1 Å². The number of nitrogens with one attached hydrogen (secondary N) is 2. The van der Waals surface area contributed by atoms with Crippen molar-refractivity contribution in [3.05, 3.63) is 90.1 Å². The number of fused-ring (bicyclic) bond motifs is 1. The molecule has 0 aliphatic rings. The van der Waals surface area contributed by atoms with Gasteiger partial charge in [0.15, 0.2) is 5.76 Å². The first kappa shape index (κ1) is 18.9. The van der Waals surface area contributed by atoms with E-state index in [0.717, 1.165) is 22.5 Å². The molecule has 2 N–H and O–H groups in total. The summed E-state index contributed by atoms with van der Waals surface area (Å²) in [7, 11) is 0. The van der Waals surface area contributed by atoms with Gasteiger partial charge in [0.25, 0.3) is 5.91 Å². The minimum Gasteiger partial charge on any atom is -0.460 e. The highest BCUT2D eigenvalue weighted by atomic mass is 16.3. The lowest BCUT2D eigenvalue weighted by Gasteiger charge is -2.11. The van der Waals surface area contributed by atoms with Crippen LogP contribution in [0.15, 0.2) is 77.3 Å². The average Bonchev–Trinajstić information content (AvgIpc) is 3.51. The Kier molecular flexibility index (Phi) is 4.63. The second-order valence-corrected chi connectivity index (χ2v) is 7.42. The number of hydrogen-bond acceptors (Lipinski definition) is 4. The van der Waals surface area contributed by atoms with Gasteiger partial charge in [0.2, 0.25) is 0 Å². The van der Waals surface area contributed by atoms with Gasteiger partial charge < -0.3 is 14.7 Å². The molecule has 0 fully saturated rings. The van der Waals surface area contributed by atoms with E-state index >= 15 is 0 Å². The Morgan fingerprint density at radius 3 is 2.58 bits per heavy atom. The average molecular weight is 411 g/mol. The summed E-state index contributed by atoms with van der Waals surface area (Å²) < 4.78 is 7.45. The van der Waals surface area contributed by atoms with E-state index in [1.165, 1.54) is 0 Å². The van der Waals surface area contributed by atoms with Gasteiger partial charge in [-0.25, -0.2) is 9.67 Å². The van der Waals surface area contributed by atoms with Gasteiger partial charge in [0, 0.05) is 6.20 Å². The minimum atomic E-state index is -0.314. The molecule has 5 rings (SSSR count). The maximum atomic E-state index is 13.2. The molecule has 0 aliphatic carbocycles. The highest BCUT2D eigenvalue weighted by molar-refractivity contribution is 5.99. The third kappa shape index (κ3) is 3.61. The van der Waals surface area contributed by atoms with Crippen LogP contribution in [-0.4, -0.2) is 25.7 Å². The van der Waals surface area contributed by atoms with Gasteiger partial charge in [-0.05, 0) is 50.2 Å². The molecule has 1 unspecified atom stereocenters. The number of carbonyl (C=O) groups is 1. The van der Waals surface area contributed by atoms with Crippen LogP contribution in [0.4, 0.5) is 0 Å². The summed E-state index contributed by atoms with van der Waals surface area (Å²) in [5.74, 6) is 1.75. The molecule has 1 amide bonds. The number of aryl methyl sites for hydroxylation is 1. The quantitative estimate of drug-likeness (QED) is 0.434. The number of imidazole rings is 1. The van der Waals surface area contributed by atoms with Gasteiger partial charge in [-0.1, -0.05) is 30.3 Å². The van der Waals surface area contributed by atoms with Gasteiger partial charge in [-0.3, -0.25) is 4.79 Å². The smallest absolute Gasteiger partial charge is 0.255 e. The number of carbonyl (C=O) groups excluding carboxylic acids is 1. The first-order valence-corrected chi connectivity index (χ1v) is 10.1. The third-order valence-electron chi connectivity index (χ3n) is 5.12. The van der Waals surface area contributed by atoms with Crippen LogP contribution in [-0.2, 0) is 0 Å². The molecule has 3 aromatic heterocycles. The monoisotopic (exact) mass is 411 g/mol. The van der Waals surface area contributed by atoms with Crippen LogP contribution in [0.3, 0.4) is 0 Å². The van der Waals surface area contributed by atoms with Gasteiger partial charge in [0.05, 0.1) is 28.3 Å². The van der Waals surface area contributed by atoms with Crippen LogP contribution in [0.25, 0.3) is 28.2 Å². The molecular formula is C24H21N5O2. The zero-order valence-electron chi connectivity index (χ0n) is 17.2. The standard InChI is InChI=1S/C24H21N5O2/c1-15-12-13-21(31-15)22-18(14-29(28-22)17-8-4-3-5-9-17)24(30)25-16(2)23-26-19-10-6-7-11-20(19)27-23/h3-14,16H,1-2H3,(H,25,30)(H,26,27). The second kappa shape index (κ2) is 7.60. The molecule has 7 heteroatoms. The number of aromatic amines is 1. The zero-order chi connectivity index (χ0) is 21.4. The number of nitrogens with zero attached hydrogens (tertiary/aromatic N) is 3. The Hall–Kier alpha value is -4.13. The van der Waals surface area contributed by atoms with E-state index in [-0.39, 0.29) is 11.9 Å². The number of amides is 1. The Labute approximate surface area is 178 Å². The van der Waals surface area contributed by atoms with Crippen LogP contribution >= 0.6 is 0 Å². The second-order valence-electron chi connectivity index (χ2n) is 7.42. The molecule has 0 radical (unpaired) electrons. The van der Waals surface area contributed by atoms with Gasteiger partial charge in [-0.2, -0.15) is 5.10 Å². The minimum absolute atomic E-state index is 0.251. The highest BCUT2D eigenvalue weighted by Crippen LogP contribution is 2.26. The summed E-state index contributed by atoms with van der Waals surface area (Å²) in [5.41, 5.74) is 3.58. The molecule has 0 bridgehead atoms. The van der Waals surface area contributed by atoms with Crippen molar-refractivity contribution in [2.45, 2.75) is 19.9 Å². The van der Waals surface area contributed by atoms with Crippen LogP contribution in [0, 0.1) is 6.92 Å². The van der Waals surface area contributed by atoms with Gasteiger partial charge in [0.1, 0.15) is 17.3 Å². The Morgan fingerprint density at radius 2 is 1.84 bits per heavy atom. The molecule has 7 nitrogen and oxygen atoms in total. The number of rotatable bonds is 5. The number of furan rings is 1. The molecule has 154 valence electrons. The van der Waals surface area contributed by atoms with Crippen LogP contribution < -0.4 is 5.32 Å². The van der Waals surface area contributed by atoms with E-state index in [4.69, 9.17) is 4.42 Å². The molecule has 0 saturated carbocycles. The lowest BCUT2D eigenvalue weighted by atomic mass is 10.2. The molecule has 1 atom stereocenters. The number of para-hydroxylation sites is 3. The van der Waals surface area contributed by atoms with Crippen LogP contribution in [0.2, 0.25) is 0 Å². The fourth-order valence-corrected chi connectivity index (χ4v) is 3.52. The molecule has 3 heterocycles. The van der Waals surface area contributed by atoms with E-state index in [9.17, 15) is 4.79 Å². The summed E-state index contributed by atoms with van der Waals surface area (Å²) in [5, 5.41) is 7.67. The Balaban J connectivity index is 1.48. The Morgan fingerprint density at radius 1 is 1.06 bits per heavy atom. The first-order valence-electron chi connectivity index (χ1n) is 10.1. The third-order valence-corrected chi connectivity index (χ3v) is 5.12. The lowest BCUT2D eigenvalue weighted by molar-refractivity contribution is 0.0939. The van der Waals surface area contributed by atoms with Gasteiger partial charge >= 0.3 is 0 Å². The molecule has 0 spiro atoms. The summed E-state index contributed by atoms with van der Waals surface area (Å²) in [6.07, 6.45) is 1.73. The van der Waals surface area contributed by atoms with Crippen molar-refractivity contribution < 1.29 is 9.21 Å². The number of hydrogen-bond donors (Lipinski definition) is 2. The van der Waals surface area contributed by atoms with E-state index < -0.39 is 0 Å². The SMILES string of the molecule is Cc1ccc(-c2nn(-c3ccccc3)cc2C(=O)NC(C)c2nc3ccccc3[nH]2)o1. The highest BCUT2D eigenvalue weighted by Gasteiger charge is 2.23. The van der Waals surface area contributed by atoms with E-state index in [1.807, 2.05) is 80.6 Å². The van der Waals surface area contributed by atoms with Crippen LogP contribution in [0.5, 0.6) is 0 Å². The first-order chi connectivity index (χ1) is 15.1. The molecule has 5 aromatic rings. The number of benzene rings is 2. The van der Waals surface area contributed by atoms with Crippen LogP contribution in [0.1, 0.15) is 34.9 Å². The number of aromatic nitrogens is 4. The fourth-order valence-electron chi connectivity index (χ4n) is 3.52. The van der Waals surface area contributed by atoms with Crippen molar-refractivity contribution >= 4 is 16.9 Å². The van der Waals surface area contributed by atoms with E-state index in [0.29, 0.717) is 22.8 Å². The summed E-state index contributed by atoms with van der Waals surface area (Å²) in [6.45, 7) is 3.76. The van der Waals surface area contributed by atoms with Crippen molar-refractivity contribution in [2.24, 2.45) is 0 Å². The molecule has 0 aliphatic heterocycles.